The van der Waals surface area contributed by atoms with E-state index in [0.717, 1.165) is 6.42 Å². The molecule has 8 nitrogen and oxygen atoms in total. The lowest BCUT2D eigenvalue weighted by atomic mass is 10.2. The molecule has 0 bridgehead atoms. The summed E-state index contributed by atoms with van der Waals surface area (Å²) in [5.74, 6) is 2.01. The summed E-state index contributed by atoms with van der Waals surface area (Å²) in [6.07, 6.45) is -0.0354. The van der Waals surface area contributed by atoms with E-state index in [4.69, 9.17) is 18.9 Å². The van der Waals surface area contributed by atoms with Gasteiger partial charge >= 0.3 is 0 Å². The van der Waals surface area contributed by atoms with Gasteiger partial charge in [-0.25, -0.2) is 0 Å². The number of amides is 1. The average molecular weight is 357 g/mol. The van der Waals surface area contributed by atoms with Gasteiger partial charge in [0.05, 0.1) is 13.7 Å². The van der Waals surface area contributed by atoms with E-state index in [-0.39, 0.29) is 18.6 Å². The SMILES string of the molecule is COc1ccc(OC2CCN(C(=O)C3COc4ccccc4O3)C2)nn1. The monoisotopic (exact) mass is 357 g/mol. The van der Waals surface area contributed by atoms with Crippen molar-refractivity contribution in [3.05, 3.63) is 36.4 Å². The molecule has 0 aliphatic carbocycles. The fourth-order valence-corrected chi connectivity index (χ4v) is 3.02. The molecule has 0 radical (unpaired) electrons. The molecule has 2 unspecified atom stereocenters. The number of carbonyl (C=O) groups is 1. The largest absolute Gasteiger partial charge is 0.485 e. The van der Waals surface area contributed by atoms with Crippen molar-refractivity contribution in [2.75, 3.05) is 26.8 Å². The van der Waals surface area contributed by atoms with Gasteiger partial charge in [0.25, 0.3) is 5.91 Å². The number of likely N-dealkylation sites (tertiary alicyclic amines) is 1. The molecular formula is C18H19N3O5. The van der Waals surface area contributed by atoms with Crippen LogP contribution in [0.15, 0.2) is 36.4 Å². The van der Waals surface area contributed by atoms with E-state index in [2.05, 4.69) is 10.2 Å². The summed E-state index contributed by atoms with van der Waals surface area (Å²) in [5.41, 5.74) is 0. The Labute approximate surface area is 150 Å². The number of nitrogens with zero attached hydrogens (tertiary/aromatic N) is 3. The van der Waals surface area contributed by atoms with Crippen molar-refractivity contribution in [1.29, 1.82) is 0 Å². The van der Waals surface area contributed by atoms with Gasteiger partial charge in [0.2, 0.25) is 17.9 Å². The Morgan fingerprint density at radius 2 is 1.92 bits per heavy atom. The van der Waals surface area contributed by atoms with Gasteiger partial charge in [-0.3, -0.25) is 4.79 Å². The second-order valence-electron chi connectivity index (χ2n) is 6.09. The predicted octanol–water partition coefficient (Wildman–Crippen LogP) is 1.30. The number of ether oxygens (including phenoxy) is 4. The maximum absolute atomic E-state index is 12.7. The Morgan fingerprint density at radius 1 is 1.15 bits per heavy atom. The third-order valence-electron chi connectivity index (χ3n) is 4.35. The van der Waals surface area contributed by atoms with Crippen LogP contribution in [-0.2, 0) is 4.79 Å². The van der Waals surface area contributed by atoms with E-state index in [9.17, 15) is 4.79 Å². The van der Waals surface area contributed by atoms with Crippen LogP contribution in [0.2, 0.25) is 0 Å². The molecule has 1 aromatic carbocycles. The molecule has 4 rings (SSSR count). The Hall–Kier alpha value is -3.03. The van der Waals surface area contributed by atoms with Gasteiger partial charge in [-0.15, -0.1) is 10.2 Å². The number of hydrogen-bond donors (Lipinski definition) is 0. The van der Waals surface area contributed by atoms with Crippen LogP contribution >= 0.6 is 0 Å². The Morgan fingerprint density at radius 3 is 2.69 bits per heavy atom. The second kappa shape index (κ2) is 7.07. The standard InChI is InChI=1S/C18H19N3O5/c1-23-16-6-7-17(20-19-16)25-12-8-9-21(10-12)18(22)15-11-24-13-4-2-3-5-14(13)26-15/h2-7,12,15H,8-11H2,1H3. The number of rotatable bonds is 4. The molecule has 1 amide bonds. The maximum Gasteiger partial charge on any atom is 0.267 e. The number of methoxy groups -OCH3 is 1. The molecule has 1 fully saturated rings. The molecule has 8 heteroatoms. The molecule has 1 aromatic heterocycles. The molecule has 0 N–H and O–H groups in total. The molecule has 2 aliphatic rings. The van der Waals surface area contributed by atoms with Gasteiger partial charge in [0.1, 0.15) is 12.7 Å². The maximum atomic E-state index is 12.7. The van der Waals surface area contributed by atoms with Gasteiger partial charge in [-0.05, 0) is 12.1 Å². The number of carbonyl (C=O) groups excluding carboxylic acids is 1. The van der Waals surface area contributed by atoms with Crippen LogP contribution in [0.4, 0.5) is 0 Å². The van der Waals surface area contributed by atoms with E-state index in [1.165, 1.54) is 7.11 Å². The first-order chi connectivity index (χ1) is 12.7. The molecule has 136 valence electrons. The van der Waals surface area contributed by atoms with E-state index in [1.807, 2.05) is 18.2 Å². The fraction of sp³-hybridized carbons (Fsp3) is 0.389. The van der Waals surface area contributed by atoms with E-state index in [0.29, 0.717) is 36.3 Å². The number of fused-ring (bicyclic) bond motifs is 1. The predicted molar refractivity (Wildman–Crippen MR) is 90.6 cm³/mol. The lowest BCUT2D eigenvalue weighted by molar-refractivity contribution is -0.140. The average Bonchev–Trinajstić information content (AvgIpc) is 3.16. The fourth-order valence-electron chi connectivity index (χ4n) is 3.02. The summed E-state index contributed by atoms with van der Waals surface area (Å²) in [6, 6.07) is 10.7. The zero-order valence-electron chi connectivity index (χ0n) is 14.3. The third kappa shape index (κ3) is 3.35. The van der Waals surface area contributed by atoms with Crippen LogP contribution in [0, 0.1) is 0 Å². The van der Waals surface area contributed by atoms with Crippen molar-refractivity contribution in [1.82, 2.24) is 15.1 Å². The smallest absolute Gasteiger partial charge is 0.267 e. The highest BCUT2D eigenvalue weighted by molar-refractivity contribution is 5.82. The Kier molecular flexibility index (Phi) is 4.47. The van der Waals surface area contributed by atoms with E-state index < -0.39 is 6.10 Å². The molecule has 3 heterocycles. The van der Waals surface area contributed by atoms with Crippen LogP contribution in [0.1, 0.15) is 6.42 Å². The highest BCUT2D eigenvalue weighted by Gasteiger charge is 2.35. The Balaban J connectivity index is 1.34. The molecular weight excluding hydrogens is 338 g/mol. The van der Waals surface area contributed by atoms with Crippen molar-refractivity contribution >= 4 is 5.91 Å². The van der Waals surface area contributed by atoms with Crippen LogP contribution in [0.5, 0.6) is 23.3 Å². The van der Waals surface area contributed by atoms with Gasteiger partial charge < -0.3 is 23.8 Å². The molecule has 2 aromatic rings. The summed E-state index contributed by atoms with van der Waals surface area (Å²) in [6.45, 7) is 1.30. The zero-order chi connectivity index (χ0) is 17.9. The summed E-state index contributed by atoms with van der Waals surface area (Å²) in [4.78, 5) is 14.5. The van der Waals surface area contributed by atoms with Crippen molar-refractivity contribution in [3.63, 3.8) is 0 Å². The molecule has 1 saturated heterocycles. The van der Waals surface area contributed by atoms with Gasteiger partial charge in [0.15, 0.2) is 11.5 Å². The van der Waals surface area contributed by atoms with Crippen molar-refractivity contribution < 1.29 is 23.7 Å². The van der Waals surface area contributed by atoms with Crippen LogP contribution in [0.25, 0.3) is 0 Å². The minimum absolute atomic E-state index is 0.0913. The first-order valence-electron chi connectivity index (χ1n) is 8.44. The second-order valence-corrected chi connectivity index (χ2v) is 6.09. The highest BCUT2D eigenvalue weighted by atomic mass is 16.6. The molecule has 0 spiro atoms. The zero-order valence-corrected chi connectivity index (χ0v) is 14.3. The summed E-state index contributed by atoms with van der Waals surface area (Å²) < 4.78 is 22.2. The highest BCUT2D eigenvalue weighted by Crippen LogP contribution is 2.31. The number of aromatic nitrogens is 2. The van der Waals surface area contributed by atoms with Gasteiger partial charge in [-0.2, -0.15) is 0 Å². The quantitative estimate of drug-likeness (QED) is 0.816. The van der Waals surface area contributed by atoms with Crippen molar-refractivity contribution in [2.45, 2.75) is 18.6 Å². The minimum atomic E-state index is -0.635. The number of benzene rings is 1. The lowest BCUT2D eigenvalue weighted by Gasteiger charge is -2.28. The van der Waals surface area contributed by atoms with Gasteiger partial charge in [-0.1, -0.05) is 12.1 Å². The summed E-state index contributed by atoms with van der Waals surface area (Å²) in [7, 11) is 1.53. The molecule has 2 aliphatic heterocycles. The number of para-hydroxylation sites is 2. The van der Waals surface area contributed by atoms with Crippen LogP contribution < -0.4 is 18.9 Å². The third-order valence-corrected chi connectivity index (χ3v) is 4.35. The van der Waals surface area contributed by atoms with E-state index in [1.54, 1.807) is 23.1 Å². The molecule has 26 heavy (non-hydrogen) atoms. The van der Waals surface area contributed by atoms with Crippen molar-refractivity contribution in [3.8, 4) is 23.3 Å². The summed E-state index contributed by atoms with van der Waals surface area (Å²) in [5, 5.41) is 7.83. The van der Waals surface area contributed by atoms with Crippen LogP contribution in [0.3, 0.4) is 0 Å². The summed E-state index contributed by atoms with van der Waals surface area (Å²) >= 11 is 0. The van der Waals surface area contributed by atoms with Crippen LogP contribution in [-0.4, -0.2) is 60.0 Å². The lowest BCUT2D eigenvalue weighted by Crippen LogP contribution is -2.46. The first kappa shape index (κ1) is 16.4. The molecule has 0 saturated carbocycles. The van der Waals surface area contributed by atoms with E-state index >= 15 is 0 Å². The van der Waals surface area contributed by atoms with Crippen molar-refractivity contribution in [2.24, 2.45) is 0 Å². The normalized spacial score (nSPS) is 21.3. The number of hydrogen-bond acceptors (Lipinski definition) is 7. The minimum Gasteiger partial charge on any atom is -0.485 e. The topological polar surface area (TPSA) is 83.0 Å². The Bertz CT molecular complexity index is 783. The molecule has 2 atom stereocenters. The first-order valence-corrected chi connectivity index (χ1v) is 8.44. The van der Waals surface area contributed by atoms with Gasteiger partial charge in [0, 0.05) is 25.1 Å².